The van der Waals surface area contributed by atoms with E-state index in [1.807, 2.05) is 36.4 Å². The van der Waals surface area contributed by atoms with E-state index in [0.717, 1.165) is 37.2 Å². The van der Waals surface area contributed by atoms with E-state index < -0.39 is 0 Å². The van der Waals surface area contributed by atoms with Crippen LogP contribution in [-0.4, -0.2) is 12.1 Å². The third-order valence-corrected chi connectivity index (χ3v) is 5.12. The predicted octanol–water partition coefficient (Wildman–Crippen LogP) is 5.17. The molecule has 0 saturated heterocycles. The molecule has 4 nitrogen and oxygen atoms in total. The molecule has 1 aromatic heterocycles. The number of ether oxygens (including phenoxy) is 1. The monoisotopic (exact) mass is 451 g/mol. The minimum Gasteiger partial charge on any atom is -0.497 e. The molecule has 3 rings (SSSR count). The van der Waals surface area contributed by atoms with Crippen LogP contribution in [0.25, 0.3) is 16.6 Å². The Morgan fingerprint density at radius 3 is 2.83 bits per heavy atom. The molecule has 24 heavy (non-hydrogen) atoms. The predicted molar refractivity (Wildman–Crippen MR) is 109 cm³/mol. The number of hydrogen-bond acceptors (Lipinski definition) is 4. The minimum atomic E-state index is 0.444. The fourth-order valence-corrected chi connectivity index (χ4v) is 3.04. The molecule has 3 aromatic rings. The van der Waals surface area contributed by atoms with Gasteiger partial charge in [0.15, 0.2) is 0 Å². The molecular weight excluding hydrogens is 437 g/mol. The molecule has 0 unspecified atom stereocenters. The first-order valence-corrected chi connectivity index (χ1v) is 8.59. The fraction of sp³-hybridized carbons (Fsp3) is 0.0556. The van der Waals surface area contributed by atoms with Gasteiger partial charge in [-0.05, 0) is 46.9 Å². The summed E-state index contributed by atoms with van der Waals surface area (Å²) in [5, 5.41) is 5.01. The highest BCUT2D eigenvalue weighted by atomic mass is 127. The molecule has 0 saturated carbocycles. The Bertz CT molecular complexity index is 943. The molecule has 0 spiro atoms. The van der Waals surface area contributed by atoms with Crippen molar-refractivity contribution in [3.63, 3.8) is 0 Å². The van der Waals surface area contributed by atoms with Crippen LogP contribution in [0.2, 0.25) is 5.02 Å². The zero-order valence-electron chi connectivity index (χ0n) is 12.9. The number of nitrogens with one attached hydrogen (secondary N) is 1. The van der Waals surface area contributed by atoms with E-state index in [9.17, 15) is 0 Å². The number of pyridine rings is 1. The highest BCUT2D eigenvalue weighted by Gasteiger charge is 2.13. The zero-order valence-corrected chi connectivity index (χ0v) is 15.9. The molecule has 1 heterocycles. The first kappa shape index (κ1) is 16.9. The van der Waals surface area contributed by atoms with Gasteiger partial charge in [0, 0.05) is 38.2 Å². The average molecular weight is 452 g/mol. The number of nitrogens with zero attached hydrogens (tertiary/aromatic N) is 1. The van der Waals surface area contributed by atoms with Crippen LogP contribution in [0.3, 0.4) is 0 Å². The van der Waals surface area contributed by atoms with Gasteiger partial charge in [-0.15, -0.1) is 0 Å². The summed E-state index contributed by atoms with van der Waals surface area (Å²) in [7, 11) is 1.64. The van der Waals surface area contributed by atoms with E-state index in [1.165, 1.54) is 0 Å². The van der Waals surface area contributed by atoms with Crippen LogP contribution in [0.1, 0.15) is 5.56 Å². The summed E-state index contributed by atoms with van der Waals surface area (Å²) in [6, 6.07) is 11.5. The second kappa shape index (κ2) is 6.86. The SMILES string of the molecule is C=C(N)c1cnc2cc(Cl)c(I)cc2c1Nc1cccc(OC)c1. The maximum absolute atomic E-state index is 6.22. The van der Waals surface area contributed by atoms with Crippen molar-refractivity contribution in [1.29, 1.82) is 0 Å². The molecule has 0 fully saturated rings. The lowest BCUT2D eigenvalue weighted by molar-refractivity contribution is 0.415. The van der Waals surface area contributed by atoms with Gasteiger partial charge >= 0.3 is 0 Å². The fourth-order valence-electron chi connectivity index (χ4n) is 2.41. The lowest BCUT2D eigenvalue weighted by Gasteiger charge is -2.16. The van der Waals surface area contributed by atoms with E-state index in [4.69, 9.17) is 22.1 Å². The van der Waals surface area contributed by atoms with Crippen molar-refractivity contribution < 1.29 is 4.74 Å². The summed E-state index contributed by atoms with van der Waals surface area (Å²) in [4.78, 5) is 4.45. The van der Waals surface area contributed by atoms with Gasteiger partial charge in [0.25, 0.3) is 0 Å². The van der Waals surface area contributed by atoms with Gasteiger partial charge in [-0.3, -0.25) is 4.98 Å². The van der Waals surface area contributed by atoms with Gasteiger partial charge in [-0.1, -0.05) is 24.2 Å². The van der Waals surface area contributed by atoms with E-state index in [2.05, 4.69) is 39.5 Å². The molecular formula is C18H15ClIN3O. The Hall–Kier alpha value is -1.99. The highest BCUT2D eigenvalue weighted by molar-refractivity contribution is 14.1. The largest absolute Gasteiger partial charge is 0.497 e. The van der Waals surface area contributed by atoms with Crippen molar-refractivity contribution in [2.45, 2.75) is 0 Å². The molecule has 0 atom stereocenters. The number of nitrogens with two attached hydrogens (primary N) is 1. The van der Waals surface area contributed by atoms with Crippen molar-refractivity contribution in [1.82, 2.24) is 4.98 Å². The molecule has 3 N–H and O–H groups in total. The Morgan fingerprint density at radius 2 is 2.12 bits per heavy atom. The molecule has 0 aliphatic carbocycles. The third kappa shape index (κ3) is 3.27. The normalized spacial score (nSPS) is 10.6. The number of halogens is 2. The number of rotatable bonds is 4. The molecule has 2 aromatic carbocycles. The second-order valence-electron chi connectivity index (χ2n) is 5.21. The van der Waals surface area contributed by atoms with Crippen LogP contribution >= 0.6 is 34.2 Å². The van der Waals surface area contributed by atoms with E-state index in [1.54, 1.807) is 13.3 Å². The Labute approximate surface area is 158 Å². The smallest absolute Gasteiger partial charge is 0.120 e. The molecule has 0 aliphatic heterocycles. The highest BCUT2D eigenvalue weighted by Crippen LogP contribution is 2.35. The Kier molecular flexibility index (Phi) is 4.82. The van der Waals surface area contributed by atoms with Crippen molar-refractivity contribution >= 4 is 62.2 Å². The molecule has 0 amide bonds. The summed E-state index contributed by atoms with van der Waals surface area (Å²) in [5.41, 5.74) is 9.67. The second-order valence-corrected chi connectivity index (χ2v) is 6.78. The number of fused-ring (bicyclic) bond motifs is 1. The molecule has 0 bridgehead atoms. The number of hydrogen-bond donors (Lipinski definition) is 2. The first-order valence-electron chi connectivity index (χ1n) is 7.13. The Morgan fingerprint density at radius 1 is 1.33 bits per heavy atom. The maximum Gasteiger partial charge on any atom is 0.120 e. The maximum atomic E-state index is 6.22. The average Bonchev–Trinajstić information content (AvgIpc) is 2.56. The van der Waals surface area contributed by atoms with Crippen molar-refractivity contribution in [3.05, 3.63) is 63.3 Å². The third-order valence-electron chi connectivity index (χ3n) is 3.60. The summed E-state index contributed by atoms with van der Waals surface area (Å²) < 4.78 is 6.22. The van der Waals surface area contributed by atoms with E-state index in [0.29, 0.717) is 10.7 Å². The van der Waals surface area contributed by atoms with Crippen LogP contribution in [0.5, 0.6) is 5.75 Å². The molecule has 122 valence electrons. The zero-order chi connectivity index (χ0) is 17.3. The summed E-state index contributed by atoms with van der Waals surface area (Å²) in [6.07, 6.45) is 1.70. The van der Waals surface area contributed by atoms with Crippen LogP contribution < -0.4 is 15.8 Å². The summed E-state index contributed by atoms with van der Waals surface area (Å²) >= 11 is 8.41. The Balaban J connectivity index is 2.20. The van der Waals surface area contributed by atoms with Crippen molar-refractivity contribution in [2.75, 3.05) is 12.4 Å². The lowest BCUT2D eigenvalue weighted by atomic mass is 10.1. The van der Waals surface area contributed by atoms with Gasteiger partial charge in [-0.25, -0.2) is 0 Å². The number of methoxy groups -OCH3 is 1. The van der Waals surface area contributed by atoms with Gasteiger partial charge in [0.05, 0.1) is 23.3 Å². The van der Waals surface area contributed by atoms with Crippen LogP contribution in [0.4, 0.5) is 11.4 Å². The number of anilines is 2. The van der Waals surface area contributed by atoms with Gasteiger partial charge < -0.3 is 15.8 Å². The minimum absolute atomic E-state index is 0.444. The first-order chi connectivity index (χ1) is 11.5. The lowest BCUT2D eigenvalue weighted by Crippen LogP contribution is -2.03. The standard InChI is InChI=1S/C18H15ClIN3O/c1-10(21)14-9-22-17-8-15(19)16(20)7-13(17)18(14)23-11-4-3-5-12(6-11)24-2/h3-9H,1,21H2,2H3,(H,22,23). The topological polar surface area (TPSA) is 60.2 Å². The van der Waals surface area contributed by atoms with Gasteiger partial charge in [0.1, 0.15) is 5.75 Å². The quantitative estimate of drug-likeness (QED) is 0.537. The van der Waals surface area contributed by atoms with Crippen LogP contribution in [0.15, 0.2) is 49.2 Å². The van der Waals surface area contributed by atoms with Crippen LogP contribution in [-0.2, 0) is 0 Å². The van der Waals surface area contributed by atoms with E-state index in [-0.39, 0.29) is 0 Å². The summed E-state index contributed by atoms with van der Waals surface area (Å²) in [5.74, 6) is 0.768. The number of benzene rings is 2. The summed E-state index contributed by atoms with van der Waals surface area (Å²) in [6.45, 7) is 3.85. The van der Waals surface area contributed by atoms with Crippen LogP contribution in [0, 0.1) is 3.57 Å². The molecule has 6 heteroatoms. The van der Waals surface area contributed by atoms with Crippen molar-refractivity contribution in [3.8, 4) is 5.75 Å². The van der Waals surface area contributed by atoms with Gasteiger partial charge in [-0.2, -0.15) is 0 Å². The molecule has 0 aliphatic rings. The van der Waals surface area contributed by atoms with Crippen molar-refractivity contribution in [2.24, 2.45) is 5.73 Å². The van der Waals surface area contributed by atoms with E-state index >= 15 is 0 Å². The molecule has 0 radical (unpaired) electrons. The number of aromatic nitrogens is 1. The van der Waals surface area contributed by atoms with Gasteiger partial charge in [0.2, 0.25) is 0 Å².